The predicted octanol–water partition coefficient (Wildman–Crippen LogP) is 3.01. The molecule has 1 aromatic rings. The maximum atomic E-state index is 12.5. The summed E-state index contributed by atoms with van der Waals surface area (Å²) in [5.74, 6) is 0.658. The molecule has 0 saturated carbocycles. The molecule has 2 heterocycles. The molecule has 2 fully saturated rings. The third-order valence-corrected chi connectivity index (χ3v) is 6.95. The lowest BCUT2D eigenvalue weighted by molar-refractivity contribution is -0.145. The van der Waals surface area contributed by atoms with E-state index in [9.17, 15) is 9.59 Å². The third-order valence-electron chi connectivity index (χ3n) is 4.96. The van der Waals surface area contributed by atoms with Crippen molar-refractivity contribution in [2.45, 2.75) is 37.7 Å². The van der Waals surface area contributed by atoms with E-state index in [1.54, 1.807) is 11.8 Å². The van der Waals surface area contributed by atoms with Gasteiger partial charge in [-0.3, -0.25) is 9.59 Å². The molecule has 5 nitrogen and oxygen atoms in total. The van der Waals surface area contributed by atoms with Crippen LogP contribution in [0.2, 0.25) is 0 Å². The summed E-state index contributed by atoms with van der Waals surface area (Å²) in [4.78, 5) is 29.8. The Labute approximate surface area is 167 Å². The molecule has 0 spiro atoms. The monoisotopic (exact) mass is 440 g/mol. The van der Waals surface area contributed by atoms with E-state index >= 15 is 0 Å². The summed E-state index contributed by atoms with van der Waals surface area (Å²) in [6.07, 6.45) is 1.51. The van der Waals surface area contributed by atoms with Crippen molar-refractivity contribution in [1.29, 1.82) is 0 Å². The standard InChI is InChI=1S/C19H25BrN2O3S/c1-13-11-17(14(2)10-15(13)20)26-12-18(23)21-5-7-22(8-6-21)19(24)16-4-3-9-25-16/h10-11,16H,3-9,12H2,1-2H3. The lowest BCUT2D eigenvalue weighted by atomic mass is 10.2. The highest BCUT2D eigenvalue weighted by molar-refractivity contribution is 9.10. The van der Waals surface area contributed by atoms with Crippen LogP contribution < -0.4 is 0 Å². The Balaban J connectivity index is 1.48. The first-order valence-corrected chi connectivity index (χ1v) is 10.8. The number of aryl methyl sites for hydroxylation is 2. The highest BCUT2D eigenvalue weighted by Crippen LogP contribution is 2.28. The highest BCUT2D eigenvalue weighted by Gasteiger charge is 2.31. The van der Waals surface area contributed by atoms with Gasteiger partial charge in [0.05, 0.1) is 5.75 Å². The molecule has 0 radical (unpaired) electrons. The third kappa shape index (κ3) is 4.61. The van der Waals surface area contributed by atoms with Crippen LogP contribution in [-0.4, -0.2) is 66.3 Å². The Morgan fingerprint density at radius 1 is 1.15 bits per heavy atom. The Bertz CT molecular complexity index is 684. The van der Waals surface area contributed by atoms with Crippen LogP contribution in [0.3, 0.4) is 0 Å². The zero-order chi connectivity index (χ0) is 18.7. The van der Waals surface area contributed by atoms with Crippen molar-refractivity contribution in [2.24, 2.45) is 0 Å². The number of benzene rings is 1. The van der Waals surface area contributed by atoms with Gasteiger partial charge in [0.1, 0.15) is 6.10 Å². The van der Waals surface area contributed by atoms with Crippen molar-refractivity contribution in [3.8, 4) is 0 Å². The number of piperazine rings is 1. The number of carbonyl (C=O) groups is 2. The minimum atomic E-state index is -0.267. The van der Waals surface area contributed by atoms with E-state index in [0.29, 0.717) is 38.5 Å². The van der Waals surface area contributed by atoms with E-state index in [2.05, 4.69) is 41.9 Å². The van der Waals surface area contributed by atoms with E-state index in [-0.39, 0.29) is 17.9 Å². The second-order valence-electron chi connectivity index (χ2n) is 6.86. The first-order valence-electron chi connectivity index (χ1n) is 9.03. The van der Waals surface area contributed by atoms with Gasteiger partial charge in [0.2, 0.25) is 5.91 Å². The number of thioether (sulfide) groups is 1. The summed E-state index contributed by atoms with van der Waals surface area (Å²) < 4.78 is 6.58. The van der Waals surface area contributed by atoms with Gasteiger partial charge in [0.15, 0.2) is 0 Å². The zero-order valence-electron chi connectivity index (χ0n) is 15.3. The molecule has 0 bridgehead atoms. The van der Waals surface area contributed by atoms with Gasteiger partial charge < -0.3 is 14.5 Å². The molecule has 0 aliphatic carbocycles. The van der Waals surface area contributed by atoms with Gasteiger partial charge in [-0.25, -0.2) is 0 Å². The molecular formula is C19H25BrN2O3S. The van der Waals surface area contributed by atoms with Crippen molar-refractivity contribution in [2.75, 3.05) is 38.5 Å². The van der Waals surface area contributed by atoms with E-state index in [4.69, 9.17) is 4.74 Å². The zero-order valence-corrected chi connectivity index (χ0v) is 17.7. The molecule has 0 aromatic heterocycles. The van der Waals surface area contributed by atoms with E-state index in [1.807, 2.05) is 9.80 Å². The highest BCUT2D eigenvalue weighted by atomic mass is 79.9. The maximum Gasteiger partial charge on any atom is 0.251 e. The topological polar surface area (TPSA) is 49.9 Å². The fraction of sp³-hybridized carbons (Fsp3) is 0.579. The Morgan fingerprint density at radius 3 is 2.50 bits per heavy atom. The average molecular weight is 441 g/mol. The van der Waals surface area contributed by atoms with Crippen LogP contribution >= 0.6 is 27.7 Å². The molecule has 1 unspecified atom stereocenters. The summed E-state index contributed by atoms with van der Waals surface area (Å²) in [5, 5.41) is 0. The Hall–Kier alpha value is -1.05. The average Bonchev–Trinajstić information content (AvgIpc) is 3.17. The van der Waals surface area contributed by atoms with Crippen LogP contribution in [0.25, 0.3) is 0 Å². The maximum absolute atomic E-state index is 12.5. The molecule has 0 N–H and O–H groups in total. The molecule has 3 rings (SSSR count). The van der Waals surface area contributed by atoms with Crippen LogP contribution in [0.5, 0.6) is 0 Å². The molecule has 26 heavy (non-hydrogen) atoms. The number of amides is 2. The number of rotatable bonds is 4. The van der Waals surface area contributed by atoms with Crippen LogP contribution in [0.1, 0.15) is 24.0 Å². The first-order chi connectivity index (χ1) is 12.5. The number of nitrogens with zero attached hydrogens (tertiary/aromatic N) is 2. The van der Waals surface area contributed by atoms with Crippen LogP contribution in [0, 0.1) is 13.8 Å². The Morgan fingerprint density at radius 2 is 1.85 bits per heavy atom. The Kier molecular flexibility index (Phi) is 6.64. The number of hydrogen-bond acceptors (Lipinski definition) is 4. The summed E-state index contributed by atoms with van der Waals surface area (Å²) in [7, 11) is 0. The molecule has 2 aliphatic rings. The summed E-state index contributed by atoms with van der Waals surface area (Å²) >= 11 is 5.13. The molecule has 2 saturated heterocycles. The fourth-order valence-corrected chi connectivity index (χ4v) is 4.76. The second kappa shape index (κ2) is 8.76. The molecule has 2 aliphatic heterocycles. The van der Waals surface area contributed by atoms with Gasteiger partial charge >= 0.3 is 0 Å². The van der Waals surface area contributed by atoms with E-state index in [0.717, 1.165) is 22.2 Å². The van der Waals surface area contributed by atoms with Gasteiger partial charge in [-0.2, -0.15) is 0 Å². The van der Waals surface area contributed by atoms with Gasteiger partial charge in [0, 0.05) is 42.2 Å². The molecule has 1 atom stereocenters. The SMILES string of the molecule is Cc1cc(SCC(=O)N2CCN(C(=O)C3CCCO3)CC2)c(C)cc1Br. The van der Waals surface area contributed by atoms with Crippen molar-refractivity contribution in [3.63, 3.8) is 0 Å². The van der Waals surface area contributed by atoms with Crippen molar-refractivity contribution < 1.29 is 14.3 Å². The van der Waals surface area contributed by atoms with Gasteiger partial charge in [-0.1, -0.05) is 15.9 Å². The van der Waals surface area contributed by atoms with Crippen LogP contribution in [0.15, 0.2) is 21.5 Å². The smallest absolute Gasteiger partial charge is 0.251 e. The molecule has 2 amide bonds. The predicted molar refractivity (Wildman–Crippen MR) is 106 cm³/mol. The molecule has 142 valence electrons. The number of hydrogen-bond donors (Lipinski definition) is 0. The second-order valence-corrected chi connectivity index (χ2v) is 8.73. The molecule has 7 heteroatoms. The van der Waals surface area contributed by atoms with Gasteiger partial charge in [-0.05, 0) is 49.9 Å². The number of ether oxygens (including phenoxy) is 1. The minimum Gasteiger partial charge on any atom is -0.368 e. The minimum absolute atomic E-state index is 0.0879. The normalized spacial score (nSPS) is 20.5. The summed E-state index contributed by atoms with van der Waals surface area (Å²) in [6, 6.07) is 4.22. The van der Waals surface area contributed by atoms with Crippen molar-refractivity contribution in [1.82, 2.24) is 9.80 Å². The largest absolute Gasteiger partial charge is 0.368 e. The molecular weight excluding hydrogens is 416 g/mol. The molecule has 1 aromatic carbocycles. The van der Waals surface area contributed by atoms with E-state index in [1.165, 1.54) is 11.1 Å². The van der Waals surface area contributed by atoms with Crippen molar-refractivity contribution in [3.05, 3.63) is 27.7 Å². The first kappa shape index (κ1) is 19.7. The van der Waals surface area contributed by atoms with Crippen molar-refractivity contribution >= 4 is 39.5 Å². The lowest BCUT2D eigenvalue weighted by Gasteiger charge is -2.35. The van der Waals surface area contributed by atoms with Gasteiger partial charge in [0.25, 0.3) is 5.91 Å². The quantitative estimate of drug-likeness (QED) is 0.675. The number of halogens is 1. The van der Waals surface area contributed by atoms with E-state index < -0.39 is 0 Å². The lowest BCUT2D eigenvalue weighted by Crippen LogP contribution is -2.53. The van der Waals surface area contributed by atoms with Crippen LogP contribution in [-0.2, 0) is 14.3 Å². The summed E-state index contributed by atoms with van der Waals surface area (Å²) in [6.45, 7) is 7.22. The van der Waals surface area contributed by atoms with Gasteiger partial charge in [-0.15, -0.1) is 11.8 Å². The van der Waals surface area contributed by atoms with Crippen LogP contribution in [0.4, 0.5) is 0 Å². The summed E-state index contributed by atoms with van der Waals surface area (Å²) in [5.41, 5.74) is 2.35. The fourth-order valence-electron chi connectivity index (χ4n) is 3.29. The number of carbonyl (C=O) groups excluding carboxylic acids is 2.